The van der Waals surface area contributed by atoms with Crippen molar-refractivity contribution in [2.75, 3.05) is 7.11 Å². The molecular weight excluding hydrogens is 331 g/mol. The van der Waals surface area contributed by atoms with Crippen molar-refractivity contribution in [2.24, 2.45) is 5.92 Å². The molecule has 4 heteroatoms. The Morgan fingerprint density at radius 1 is 1.35 bits per heavy atom. The van der Waals surface area contributed by atoms with Crippen LogP contribution in [0.3, 0.4) is 0 Å². The van der Waals surface area contributed by atoms with Gasteiger partial charge in [0.15, 0.2) is 0 Å². The third-order valence-corrected chi connectivity index (χ3v) is 4.87. The zero-order chi connectivity index (χ0) is 12.4. The minimum atomic E-state index is -0.224. The molecule has 1 heterocycles. The number of hydrogen-bond acceptors (Lipinski definition) is 3. The fourth-order valence-electron chi connectivity index (χ4n) is 2.17. The molecule has 1 aromatic carbocycles. The molecule has 1 aromatic rings. The number of methoxy groups -OCH3 is 1. The summed E-state index contributed by atoms with van der Waals surface area (Å²) in [6, 6.07) is 9.84. The molecule has 3 nitrogen and oxygen atoms in total. The third-order valence-electron chi connectivity index (χ3n) is 3.08. The van der Waals surface area contributed by atoms with E-state index in [1.165, 1.54) is 7.11 Å². The molecular formula is C13H15IO3. The molecule has 0 amide bonds. The highest BCUT2D eigenvalue weighted by molar-refractivity contribution is 14.1. The van der Waals surface area contributed by atoms with Crippen molar-refractivity contribution < 1.29 is 14.3 Å². The number of carbonyl (C=O) groups excluding carboxylic acids is 1. The van der Waals surface area contributed by atoms with Crippen molar-refractivity contribution in [1.82, 2.24) is 0 Å². The minimum Gasteiger partial charge on any atom is -0.469 e. The van der Waals surface area contributed by atoms with Crippen LogP contribution in [-0.2, 0) is 14.3 Å². The molecule has 0 saturated carbocycles. The highest BCUT2D eigenvalue weighted by atomic mass is 127. The van der Waals surface area contributed by atoms with Crippen LogP contribution in [0.5, 0.6) is 0 Å². The Bertz CT molecular complexity index is 393. The van der Waals surface area contributed by atoms with Crippen LogP contribution in [-0.4, -0.2) is 23.1 Å². The van der Waals surface area contributed by atoms with E-state index in [1.54, 1.807) is 0 Å². The molecule has 2 rings (SSSR count). The van der Waals surface area contributed by atoms with Gasteiger partial charge in [-0.25, -0.2) is 0 Å². The Morgan fingerprint density at radius 2 is 2.00 bits per heavy atom. The highest BCUT2D eigenvalue weighted by Crippen LogP contribution is 2.42. The van der Waals surface area contributed by atoms with Gasteiger partial charge in [0.05, 0.1) is 23.2 Å². The van der Waals surface area contributed by atoms with Crippen LogP contribution in [0.1, 0.15) is 18.6 Å². The molecule has 92 valence electrons. The molecule has 0 radical (unpaired) electrons. The quantitative estimate of drug-likeness (QED) is 0.469. The average Bonchev–Trinajstić information content (AvgIpc) is 2.66. The maximum Gasteiger partial charge on any atom is 0.312 e. The SMILES string of the molecule is COC(=O)[C@H]1[C@H](I)[C@@H](C)O[C@H]1c1ccccc1. The monoisotopic (exact) mass is 346 g/mol. The van der Waals surface area contributed by atoms with Crippen LogP contribution in [0.4, 0.5) is 0 Å². The number of benzene rings is 1. The number of halogens is 1. The van der Waals surface area contributed by atoms with Crippen molar-refractivity contribution in [2.45, 2.75) is 23.1 Å². The van der Waals surface area contributed by atoms with E-state index in [1.807, 2.05) is 37.3 Å². The van der Waals surface area contributed by atoms with Crippen molar-refractivity contribution in [1.29, 1.82) is 0 Å². The van der Waals surface area contributed by atoms with Gasteiger partial charge in [-0.15, -0.1) is 0 Å². The normalized spacial score (nSPS) is 32.4. The van der Waals surface area contributed by atoms with Gasteiger partial charge in [0, 0.05) is 0 Å². The number of esters is 1. The lowest BCUT2D eigenvalue weighted by molar-refractivity contribution is -0.147. The predicted molar refractivity (Wildman–Crippen MR) is 73.0 cm³/mol. The first-order valence-electron chi connectivity index (χ1n) is 5.57. The number of alkyl halides is 1. The summed E-state index contributed by atoms with van der Waals surface area (Å²) < 4.78 is 10.9. The first kappa shape index (κ1) is 12.8. The van der Waals surface area contributed by atoms with E-state index in [0.717, 1.165) is 5.56 Å². The van der Waals surface area contributed by atoms with Crippen LogP contribution < -0.4 is 0 Å². The van der Waals surface area contributed by atoms with E-state index in [4.69, 9.17) is 9.47 Å². The van der Waals surface area contributed by atoms with Gasteiger partial charge in [0.1, 0.15) is 5.92 Å². The third kappa shape index (κ3) is 2.47. The van der Waals surface area contributed by atoms with Crippen LogP contribution in [0.25, 0.3) is 0 Å². The van der Waals surface area contributed by atoms with Gasteiger partial charge in [0.25, 0.3) is 0 Å². The van der Waals surface area contributed by atoms with E-state index in [9.17, 15) is 4.79 Å². The van der Waals surface area contributed by atoms with E-state index >= 15 is 0 Å². The van der Waals surface area contributed by atoms with Crippen LogP contribution in [0, 0.1) is 5.92 Å². The molecule has 1 aliphatic heterocycles. The van der Waals surface area contributed by atoms with Crippen molar-refractivity contribution >= 4 is 28.6 Å². The molecule has 17 heavy (non-hydrogen) atoms. The summed E-state index contributed by atoms with van der Waals surface area (Å²) in [5.41, 5.74) is 1.04. The fraction of sp³-hybridized carbons (Fsp3) is 0.462. The van der Waals surface area contributed by atoms with Gasteiger partial charge in [-0.2, -0.15) is 0 Å². The summed E-state index contributed by atoms with van der Waals surface area (Å²) in [6.45, 7) is 2.00. The maximum absolute atomic E-state index is 11.8. The van der Waals surface area contributed by atoms with Gasteiger partial charge in [-0.3, -0.25) is 4.79 Å². The lowest BCUT2D eigenvalue weighted by Gasteiger charge is -2.18. The summed E-state index contributed by atoms with van der Waals surface area (Å²) in [7, 11) is 1.43. The maximum atomic E-state index is 11.8. The molecule has 4 atom stereocenters. The molecule has 0 N–H and O–H groups in total. The van der Waals surface area contributed by atoms with Crippen molar-refractivity contribution in [3.8, 4) is 0 Å². The summed E-state index contributed by atoms with van der Waals surface area (Å²) in [4.78, 5) is 11.8. The van der Waals surface area contributed by atoms with E-state index in [0.29, 0.717) is 0 Å². The van der Waals surface area contributed by atoms with Gasteiger partial charge in [-0.1, -0.05) is 52.9 Å². The molecule has 0 aliphatic carbocycles. The first-order valence-corrected chi connectivity index (χ1v) is 6.82. The molecule has 1 aliphatic rings. The standard InChI is InChI=1S/C13H15IO3/c1-8-11(14)10(13(15)16-2)12(17-8)9-6-4-3-5-7-9/h3-8,10-12H,1-2H3/t8-,10+,11-,12+/m1/s1. The van der Waals surface area contributed by atoms with Crippen molar-refractivity contribution in [3.05, 3.63) is 35.9 Å². The topological polar surface area (TPSA) is 35.5 Å². The number of ether oxygens (including phenoxy) is 2. The zero-order valence-corrected chi connectivity index (χ0v) is 12.0. The molecule has 1 saturated heterocycles. The van der Waals surface area contributed by atoms with E-state index in [-0.39, 0.29) is 28.0 Å². The second-order valence-electron chi connectivity index (χ2n) is 4.17. The summed E-state index contributed by atoms with van der Waals surface area (Å²) in [5, 5.41) is 0. The Labute approximate surface area is 115 Å². The van der Waals surface area contributed by atoms with Gasteiger partial charge in [0.2, 0.25) is 0 Å². The van der Waals surface area contributed by atoms with Crippen LogP contribution in [0.15, 0.2) is 30.3 Å². The summed E-state index contributed by atoms with van der Waals surface area (Å²) >= 11 is 2.27. The zero-order valence-electron chi connectivity index (χ0n) is 9.80. The molecule has 0 aromatic heterocycles. The predicted octanol–water partition coefficient (Wildman–Crippen LogP) is 2.74. The molecule has 0 unspecified atom stereocenters. The van der Waals surface area contributed by atoms with Gasteiger partial charge < -0.3 is 9.47 Å². The minimum absolute atomic E-state index is 0.0601. The lowest BCUT2D eigenvalue weighted by Crippen LogP contribution is -2.27. The Balaban J connectivity index is 2.30. The second kappa shape index (κ2) is 5.35. The largest absolute Gasteiger partial charge is 0.469 e. The Morgan fingerprint density at radius 3 is 2.59 bits per heavy atom. The van der Waals surface area contributed by atoms with Crippen molar-refractivity contribution in [3.63, 3.8) is 0 Å². The Kier molecular flexibility index (Phi) is 4.04. The van der Waals surface area contributed by atoms with Crippen LogP contribution >= 0.6 is 22.6 Å². The Hall–Kier alpha value is -0.620. The molecule has 0 bridgehead atoms. The summed E-state index contributed by atoms with van der Waals surface area (Å²) in [5.74, 6) is -0.416. The molecule has 0 spiro atoms. The smallest absolute Gasteiger partial charge is 0.312 e. The van der Waals surface area contributed by atoms with Gasteiger partial charge >= 0.3 is 5.97 Å². The van der Waals surface area contributed by atoms with E-state index < -0.39 is 0 Å². The highest BCUT2D eigenvalue weighted by Gasteiger charge is 2.46. The average molecular weight is 346 g/mol. The summed E-state index contributed by atoms with van der Waals surface area (Å²) in [6.07, 6.45) is -0.134. The first-order chi connectivity index (χ1) is 8.15. The van der Waals surface area contributed by atoms with Gasteiger partial charge in [-0.05, 0) is 12.5 Å². The number of rotatable bonds is 2. The number of hydrogen-bond donors (Lipinski definition) is 0. The lowest BCUT2D eigenvalue weighted by atomic mass is 9.94. The second-order valence-corrected chi connectivity index (χ2v) is 5.60. The molecule has 1 fully saturated rings. The number of carbonyl (C=O) groups is 1. The fourth-order valence-corrected chi connectivity index (χ4v) is 3.01. The van der Waals surface area contributed by atoms with Crippen LogP contribution in [0.2, 0.25) is 0 Å². The van der Waals surface area contributed by atoms with E-state index in [2.05, 4.69) is 22.6 Å².